The second kappa shape index (κ2) is 3.38. The van der Waals surface area contributed by atoms with Crippen LogP contribution in [0, 0.1) is 13.8 Å². The Morgan fingerprint density at radius 2 is 1.93 bits per heavy atom. The summed E-state index contributed by atoms with van der Waals surface area (Å²) in [5.74, 6) is 0. The molecule has 0 aliphatic carbocycles. The van der Waals surface area contributed by atoms with Crippen molar-refractivity contribution in [1.29, 1.82) is 0 Å². The van der Waals surface area contributed by atoms with Crippen LogP contribution in [0.5, 0.6) is 0 Å². The molecule has 1 heterocycles. The first kappa shape index (κ1) is 10.2. The van der Waals surface area contributed by atoms with Gasteiger partial charge in [0.1, 0.15) is 0 Å². The van der Waals surface area contributed by atoms with Crippen molar-refractivity contribution < 1.29 is 0 Å². The number of aromatic nitrogens is 1. The number of hydrogen-bond acceptors (Lipinski definition) is 3. The molecule has 0 bridgehead atoms. The standard InChI is InChI=1S/C11H12BrN3/c1-5-3-8-9(6(2)10(5)12)11(14)7(13)4-15-8/h3-4H,13H2,1-2H3,(H2,14,15). The molecule has 2 aromatic rings. The summed E-state index contributed by atoms with van der Waals surface area (Å²) in [6, 6.07) is 2.00. The van der Waals surface area contributed by atoms with Crippen molar-refractivity contribution in [2.24, 2.45) is 0 Å². The summed E-state index contributed by atoms with van der Waals surface area (Å²) in [6.07, 6.45) is 1.60. The van der Waals surface area contributed by atoms with Crippen molar-refractivity contribution in [3.05, 3.63) is 27.9 Å². The van der Waals surface area contributed by atoms with E-state index in [0.717, 1.165) is 26.5 Å². The number of hydrogen-bond donors (Lipinski definition) is 2. The maximum Gasteiger partial charge on any atom is 0.0741 e. The lowest BCUT2D eigenvalue weighted by atomic mass is 10.0. The molecule has 78 valence electrons. The van der Waals surface area contributed by atoms with Gasteiger partial charge in [0.2, 0.25) is 0 Å². The van der Waals surface area contributed by atoms with E-state index >= 15 is 0 Å². The third kappa shape index (κ3) is 1.45. The van der Waals surface area contributed by atoms with Crippen molar-refractivity contribution in [3.63, 3.8) is 0 Å². The van der Waals surface area contributed by atoms with E-state index in [1.54, 1.807) is 6.20 Å². The Morgan fingerprint density at radius 1 is 1.27 bits per heavy atom. The molecule has 0 aliphatic rings. The van der Waals surface area contributed by atoms with Gasteiger partial charge in [-0.25, -0.2) is 0 Å². The number of pyridine rings is 1. The van der Waals surface area contributed by atoms with Gasteiger partial charge in [-0.15, -0.1) is 0 Å². The van der Waals surface area contributed by atoms with E-state index in [2.05, 4.69) is 20.9 Å². The third-order valence-corrected chi connectivity index (χ3v) is 3.80. The number of anilines is 2. The molecular weight excluding hydrogens is 254 g/mol. The number of aryl methyl sites for hydroxylation is 2. The molecular formula is C11H12BrN3. The van der Waals surface area contributed by atoms with E-state index in [4.69, 9.17) is 11.5 Å². The van der Waals surface area contributed by atoms with Gasteiger partial charge in [-0.2, -0.15) is 0 Å². The van der Waals surface area contributed by atoms with Gasteiger partial charge in [-0.3, -0.25) is 4.98 Å². The Hall–Kier alpha value is -1.29. The molecule has 0 aliphatic heterocycles. The Morgan fingerprint density at radius 3 is 2.60 bits per heavy atom. The average molecular weight is 266 g/mol. The number of benzene rings is 1. The highest BCUT2D eigenvalue weighted by atomic mass is 79.9. The summed E-state index contributed by atoms with van der Waals surface area (Å²) < 4.78 is 1.06. The van der Waals surface area contributed by atoms with Crippen LogP contribution in [0.4, 0.5) is 11.4 Å². The largest absolute Gasteiger partial charge is 0.396 e. The van der Waals surface area contributed by atoms with Crippen LogP contribution in [0.3, 0.4) is 0 Å². The lowest BCUT2D eigenvalue weighted by molar-refractivity contribution is 1.33. The zero-order chi connectivity index (χ0) is 11.2. The maximum atomic E-state index is 5.95. The van der Waals surface area contributed by atoms with Crippen molar-refractivity contribution in [2.45, 2.75) is 13.8 Å². The molecule has 0 spiro atoms. The van der Waals surface area contributed by atoms with Crippen LogP contribution < -0.4 is 11.5 Å². The fourth-order valence-electron chi connectivity index (χ4n) is 1.73. The molecule has 2 rings (SSSR count). The molecule has 0 saturated heterocycles. The van der Waals surface area contributed by atoms with E-state index in [-0.39, 0.29) is 0 Å². The number of fused-ring (bicyclic) bond motifs is 1. The van der Waals surface area contributed by atoms with Crippen LogP contribution in [-0.2, 0) is 0 Å². The number of nitrogens with two attached hydrogens (primary N) is 2. The van der Waals surface area contributed by atoms with Crippen molar-refractivity contribution in [1.82, 2.24) is 4.98 Å². The van der Waals surface area contributed by atoms with Crippen LogP contribution in [0.1, 0.15) is 11.1 Å². The minimum atomic E-state index is 0.529. The highest BCUT2D eigenvalue weighted by Gasteiger charge is 2.10. The molecule has 0 radical (unpaired) electrons. The van der Waals surface area contributed by atoms with E-state index in [1.807, 2.05) is 19.9 Å². The number of halogens is 1. The minimum Gasteiger partial charge on any atom is -0.396 e. The van der Waals surface area contributed by atoms with Crippen molar-refractivity contribution in [2.75, 3.05) is 11.5 Å². The normalized spacial score (nSPS) is 10.9. The van der Waals surface area contributed by atoms with Gasteiger partial charge < -0.3 is 11.5 Å². The molecule has 0 fully saturated rings. The second-order valence-electron chi connectivity index (χ2n) is 3.65. The van der Waals surface area contributed by atoms with Crippen LogP contribution in [0.15, 0.2) is 16.7 Å². The number of nitrogens with zero attached hydrogens (tertiary/aromatic N) is 1. The molecule has 1 aromatic heterocycles. The number of rotatable bonds is 0. The van der Waals surface area contributed by atoms with Crippen LogP contribution in [-0.4, -0.2) is 4.98 Å². The Bertz CT molecular complexity index is 549. The van der Waals surface area contributed by atoms with E-state index in [0.29, 0.717) is 11.4 Å². The molecule has 3 nitrogen and oxygen atoms in total. The highest BCUT2D eigenvalue weighted by Crippen LogP contribution is 2.33. The third-order valence-electron chi connectivity index (χ3n) is 2.58. The predicted molar refractivity (Wildman–Crippen MR) is 67.7 cm³/mol. The fourth-order valence-corrected chi connectivity index (χ4v) is 2.05. The smallest absolute Gasteiger partial charge is 0.0741 e. The Balaban J connectivity index is 3.00. The van der Waals surface area contributed by atoms with Gasteiger partial charge in [0, 0.05) is 9.86 Å². The van der Waals surface area contributed by atoms with Crippen molar-refractivity contribution >= 4 is 38.2 Å². The quantitative estimate of drug-likeness (QED) is 0.770. The second-order valence-corrected chi connectivity index (χ2v) is 4.45. The van der Waals surface area contributed by atoms with Gasteiger partial charge in [0.05, 0.1) is 23.1 Å². The van der Waals surface area contributed by atoms with E-state index in [9.17, 15) is 0 Å². The van der Waals surface area contributed by atoms with Crippen LogP contribution in [0.25, 0.3) is 10.9 Å². The molecule has 4 heteroatoms. The highest BCUT2D eigenvalue weighted by molar-refractivity contribution is 9.10. The first-order chi connectivity index (χ1) is 7.02. The van der Waals surface area contributed by atoms with Crippen LogP contribution in [0.2, 0.25) is 0 Å². The van der Waals surface area contributed by atoms with Gasteiger partial charge in [0.25, 0.3) is 0 Å². The van der Waals surface area contributed by atoms with E-state index in [1.165, 1.54) is 0 Å². The molecule has 4 N–H and O–H groups in total. The summed E-state index contributed by atoms with van der Waals surface area (Å²) in [5, 5.41) is 0.937. The maximum absolute atomic E-state index is 5.95. The van der Waals surface area contributed by atoms with Crippen molar-refractivity contribution in [3.8, 4) is 0 Å². The summed E-state index contributed by atoms with van der Waals surface area (Å²) in [6.45, 7) is 4.04. The van der Waals surface area contributed by atoms with Gasteiger partial charge in [-0.05, 0) is 31.0 Å². The molecule has 0 unspecified atom stereocenters. The zero-order valence-corrected chi connectivity index (χ0v) is 10.2. The Kier molecular flexibility index (Phi) is 2.31. The summed E-state index contributed by atoms with van der Waals surface area (Å²) in [4.78, 5) is 4.28. The molecule has 0 amide bonds. The van der Waals surface area contributed by atoms with Crippen LogP contribution >= 0.6 is 15.9 Å². The molecule has 15 heavy (non-hydrogen) atoms. The molecule has 1 aromatic carbocycles. The first-order valence-electron chi connectivity index (χ1n) is 4.61. The minimum absolute atomic E-state index is 0.529. The van der Waals surface area contributed by atoms with E-state index < -0.39 is 0 Å². The molecule has 0 atom stereocenters. The zero-order valence-electron chi connectivity index (χ0n) is 8.63. The monoisotopic (exact) mass is 265 g/mol. The topological polar surface area (TPSA) is 64.9 Å². The fraction of sp³-hybridized carbons (Fsp3) is 0.182. The summed E-state index contributed by atoms with van der Waals surface area (Å²) in [7, 11) is 0. The lowest BCUT2D eigenvalue weighted by Gasteiger charge is -2.11. The predicted octanol–water partition coefficient (Wildman–Crippen LogP) is 2.78. The SMILES string of the molecule is Cc1cc2ncc(N)c(N)c2c(C)c1Br. The first-order valence-corrected chi connectivity index (χ1v) is 5.41. The van der Waals surface area contributed by atoms with Gasteiger partial charge >= 0.3 is 0 Å². The summed E-state index contributed by atoms with van der Waals surface area (Å²) in [5.41, 5.74) is 16.0. The lowest BCUT2D eigenvalue weighted by Crippen LogP contribution is -1.99. The average Bonchev–Trinajstić information content (AvgIpc) is 2.20. The number of nitrogen functional groups attached to an aromatic ring is 2. The summed E-state index contributed by atoms with van der Waals surface area (Å²) >= 11 is 3.53. The van der Waals surface area contributed by atoms with Gasteiger partial charge in [0.15, 0.2) is 0 Å². The molecule has 0 saturated carbocycles. The Labute approximate surface area is 96.6 Å². The van der Waals surface area contributed by atoms with Gasteiger partial charge in [-0.1, -0.05) is 15.9 Å².